The molecule has 0 saturated heterocycles. The predicted molar refractivity (Wildman–Crippen MR) is 78.5 cm³/mol. The maximum atomic E-state index is 6.00. The fraction of sp³-hybridized carbons (Fsp3) is 0.357. The number of nitrogen functional groups attached to an aromatic ring is 1. The summed E-state index contributed by atoms with van der Waals surface area (Å²) in [7, 11) is 0. The van der Waals surface area contributed by atoms with Crippen LogP contribution in [0.15, 0.2) is 24.8 Å². The number of nitrogens with two attached hydrogens (primary N) is 1. The van der Waals surface area contributed by atoms with E-state index in [0.717, 1.165) is 17.5 Å². The molecule has 0 unspecified atom stereocenters. The summed E-state index contributed by atoms with van der Waals surface area (Å²) >= 11 is 0. The first-order valence-electron chi connectivity index (χ1n) is 6.59. The quantitative estimate of drug-likeness (QED) is 0.838. The Morgan fingerprint density at radius 1 is 1.35 bits per heavy atom. The minimum atomic E-state index is 0.427. The van der Waals surface area contributed by atoms with Gasteiger partial charge in [0.1, 0.15) is 12.0 Å². The Balaban J connectivity index is 2.08. The SMILES string of the molecule is CCCOc1ncnc(NCc2ccncc2C)c1N. The van der Waals surface area contributed by atoms with Gasteiger partial charge < -0.3 is 15.8 Å². The van der Waals surface area contributed by atoms with Crippen molar-refractivity contribution in [3.8, 4) is 5.88 Å². The Morgan fingerprint density at radius 2 is 2.20 bits per heavy atom. The van der Waals surface area contributed by atoms with E-state index in [1.165, 1.54) is 6.33 Å². The number of ether oxygens (including phenoxy) is 1. The Morgan fingerprint density at radius 3 is 2.95 bits per heavy atom. The van der Waals surface area contributed by atoms with Crippen LogP contribution >= 0.6 is 0 Å². The van der Waals surface area contributed by atoms with E-state index >= 15 is 0 Å². The largest absolute Gasteiger partial charge is 0.476 e. The first-order chi connectivity index (χ1) is 9.72. The van der Waals surface area contributed by atoms with Gasteiger partial charge in [0.15, 0.2) is 5.82 Å². The van der Waals surface area contributed by atoms with Gasteiger partial charge in [0, 0.05) is 18.9 Å². The van der Waals surface area contributed by atoms with Crippen LogP contribution in [0.3, 0.4) is 0 Å². The second kappa shape index (κ2) is 6.70. The second-order valence-corrected chi connectivity index (χ2v) is 4.45. The molecule has 0 atom stereocenters. The molecule has 0 spiro atoms. The molecule has 0 amide bonds. The van der Waals surface area contributed by atoms with Crippen LogP contribution in [-0.4, -0.2) is 21.6 Å². The number of nitrogens with one attached hydrogen (secondary N) is 1. The Labute approximate surface area is 118 Å². The third-order valence-electron chi connectivity index (χ3n) is 2.87. The van der Waals surface area contributed by atoms with E-state index < -0.39 is 0 Å². The Hall–Kier alpha value is -2.37. The molecule has 0 aliphatic carbocycles. The molecule has 20 heavy (non-hydrogen) atoms. The van der Waals surface area contributed by atoms with E-state index in [1.54, 1.807) is 6.20 Å². The lowest BCUT2D eigenvalue weighted by Crippen LogP contribution is -2.09. The topological polar surface area (TPSA) is 86.0 Å². The van der Waals surface area contributed by atoms with Gasteiger partial charge >= 0.3 is 0 Å². The molecule has 2 rings (SSSR count). The fourth-order valence-electron chi connectivity index (χ4n) is 1.71. The molecule has 2 aromatic rings. The number of nitrogens with zero attached hydrogens (tertiary/aromatic N) is 3. The van der Waals surface area contributed by atoms with Crippen molar-refractivity contribution in [3.05, 3.63) is 35.9 Å². The number of rotatable bonds is 6. The zero-order valence-corrected chi connectivity index (χ0v) is 11.8. The van der Waals surface area contributed by atoms with Crippen LogP contribution in [0.4, 0.5) is 11.5 Å². The highest BCUT2D eigenvalue weighted by molar-refractivity contribution is 5.66. The molecule has 0 aromatic carbocycles. The molecule has 0 aliphatic rings. The molecule has 6 nitrogen and oxygen atoms in total. The molecule has 3 N–H and O–H groups in total. The maximum Gasteiger partial charge on any atom is 0.242 e. The molecule has 2 aromatic heterocycles. The van der Waals surface area contributed by atoms with Crippen molar-refractivity contribution >= 4 is 11.5 Å². The summed E-state index contributed by atoms with van der Waals surface area (Å²) < 4.78 is 5.48. The van der Waals surface area contributed by atoms with Gasteiger partial charge in [0.2, 0.25) is 5.88 Å². The molecule has 0 bridgehead atoms. The molecule has 0 fully saturated rings. The average molecular weight is 273 g/mol. The van der Waals surface area contributed by atoms with Gasteiger partial charge in [-0.15, -0.1) is 0 Å². The van der Waals surface area contributed by atoms with Crippen molar-refractivity contribution in [3.63, 3.8) is 0 Å². The van der Waals surface area contributed by atoms with Crippen LogP contribution in [-0.2, 0) is 6.54 Å². The number of aromatic nitrogens is 3. The van der Waals surface area contributed by atoms with Crippen LogP contribution in [0.2, 0.25) is 0 Å². The molecular weight excluding hydrogens is 254 g/mol. The lowest BCUT2D eigenvalue weighted by molar-refractivity contribution is 0.306. The van der Waals surface area contributed by atoms with Crippen LogP contribution in [0.25, 0.3) is 0 Å². The number of pyridine rings is 1. The van der Waals surface area contributed by atoms with Crippen LogP contribution in [0.1, 0.15) is 24.5 Å². The van der Waals surface area contributed by atoms with Crippen LogP contribution in [0.5, 0.6) is 5.88 Å². The van der Waals surface area contributed by atoms with E-state index in [4.69, 9.17) is 10.5 Å². The molecule has 106 valence electrons. The fourth-order valence-corrected chi connectivity index (χ4v) is 1.71. The van der Waals surface area contributed by atoms with Gasteiger partial charge in [-0.05, 0) is 30.5 Å². The smallest absolute Gasteiger partial charge is 0.242 e. The minimum absolute atomic E-state index is 0.427. The average Bonchev–Trinajstić information content (AvgIpc) is 2.46. The highest BCUT2D eigenvalue weighted by Crippen LogP contribution is 2.25. The van der Waals surface area contributed by atoms with Gasteiger partial charge in [-0.1, -0.05) is 6.92 Å². The van der Waals surface area contributed by atoms with E-state index in [-0.39, 0.29) is 0 Å². The molecular formula is C14H19N5O. The monoisotopic (exact) mass is 273 g/mol. The Kier molecular flexibility index (Phi) is 4.70. The highest BCUT2D eigenvalue weighted by atomic mass is 16.5. The van der Waals surface area contributed by atoms with Crippen LogP contribution < -0.4 is 15.8 Å². The predicted octanol–water partition coefficient (Wildman–Crippen LogP) is 2.16. The number of anilines is 2. The summed E-state index contributed by atoms with van der Waals surface area (Å²) in [5, 5.41) is 3.20. The van der Waals surface area contributed by atoms with Crippen molar-refractivity contribution in [2.24, 2.45) is 0 Å². The Bertz CT molecular complexity index is 573. The van der Waals surface area contributed by atoms with Crippen molar-refractivity contribution < 1.29 is 4.74 Å². The van der Waals surface area contributed by atoms with Crippen molar-refractivity contribution in [1.29, 1.82) is 0 Å². The zero-order chi connectivity index (χ0) is 14.4. The number of hydrogen-bond donors (Lipinski definition) is 2. The lowest BCUT2D eigenvalue weighted by Gasteiger charge is -2.12. The van der Waals surface area contributed by atoms with Crippen LogP contribution in [0, 0.1) is 6.92 Å². The standard InChI is InChI=1S/C14H19N5O/c1-3-6-20-14-12(15)13(18-9-19-14)17-8-11-4-5-16-7-10(11)2/h4-5,7,9H,3,6,8,15H2,1-2H3,(H,17,18,19). The molecule has 0 saturated carbocycles. The maximum absolute atomic E-state index is 6.00. The molecule has 2 heterocycles. The summed E-state index contributed by atoms with van der Waals surface area (Å²) in [5.74, 6) is 1.01. The van der Waals surface area contributed by atoms with Crippen molar-refractivity contribution in [2.45, 2.75) is 26.8 Å². The van der Waals surface area contributed by atoms with Gasteiger partial charge in [0.25, 0.3) is 0 Å². The van der Waals surface area contributed by atoms with Crippen molar-refractivity contribution in [2.75, 3.05) is 17.7 Å². The normalized spacial score (nSPS) is 10.3. The summed E-state index contributed by atoms with van der Waals surface area (Å²) in [6, 6.07) is 1.97. The third-order valence-corrected chi connectivity index (χ3v) is 2.87. The molecule has 6 heteroatoms. The summed E-state index contributed by atoms with van der Waals surface area (Å²) in [4.78, 5) is 12.3. The van der Waals surface area contributed by atoms with Gasteiger partial charge in [-0.25, -0.2) is 4.98 Å². The second-order valence-electron chi connectivity index (χ2n) is 4.45. The summed E-state index contributed by atoms with van der Waals surface area (Å²) in [6.45, 7) is 5.26. The molecule has 0 radical (unpaired) electrons. The first-order valence-corrected chi connectivity index (χ1v) is 6.59. The number of aryl methyl sites for hydroxylation is 1. The lowest BCUT2D eigenvalue weighted by atomic mass is 10.1. The van der Waals surface area contributed by atoms with Crippen molar-refractivity contribution in [1.82, 2.24) is 15.0 Å². The summed E-state index contributed by atoms with van der Waals surface area (Å²) in [5.41, 5.74) is 8.71. The van der Waals surface area contributed by atoms with E-state index in [1.807, 2.05) is 26.1 Å². The van der Waals surface area contributed by atoms with Gasteiger partial charge in [-0.2, -0.15) is 4.98 Å². The van der Waals surface area contributed by atoms with E-state index in [2.05, 4.69) is 20.3 Å². The highest BCUT2D eigenvalue weighted by Gasteiger charge is 2.09. The molecule has 0 aliphatic heterocycles. The zero-order valence-electron chi connectivity index (χ0n) is 11.8. The minimum Gasteiger partial charge on any atom is -0.476 e. The van der Waals surface area contributed by atoms with E-state index in [0.29, 0.717) is 30.5 Å². The van der Waals surface area contributed by atoms with E-state index in [9.17, 15) is 0 Å². The summed E-state index contributed by atoms with van der Waals surface area (Å²) in [6.07, 6.45) is 5.95. The number of hydrogen-bond acceptors (Lipinski definition) is 6. The van der Waals surface area contributed by atoms with Gasteiger partial charge in [-0.3, -0.25) is 4.98 Å². The third kappa shape index (κ3) is 3.34. The van der Waals surface area contributed by atoms with Gasteiger partial charge in [0.05, 0.1) is 6.61 Å². The first kappa shape index (κ1) is 14.0.